The van der Waals surface area contributed by atoms with Crippen LogP contribution in [0.5, 0.6) is 5.75 Å². The van der Waals surface area contributed by atoms with Crippen LogP contribution in [-0.4, -0.2) is 12.5 Å². The number of amides is 1. The van der Waals surface area contributed by atoms with Gasteiger partial charge in [0.2, 0.25) is 0 Å². The van der Waals surface area contributed by atoms with E-state index in [-0.39, 0.29) is 5.91 Å². The van der Waals surface area contributed by atoms with Crippen LogP contribution in [0.2, 0.25) is 0 Å². The number of rotatable bonds is 8. The minimum Gasteiger partial charge on any atom is -0.489 e. The van der Waals surface area contributed by atoms with Crippen molar-refractivity contribution in [1.29, 1.82) is 0 Å². The van der Waals surface area contributed by atoms with Gasteiger partial charge in [-0.05, 0) is 24.6 Å². The van der Waals surface area contributed by atoms with Crippen LogP contribution in [0.3, 0.4) is 0 Å². The van der Waals surface area contributed by atoms with E-state index in [1.165, 1.54) is 0 Å². The Kier molecular flexibility index (Phi) is 5.73. The molecule has 0 unspecified atom stereocenters. The summed E-state index contributed by atoms with van der Waals surface area (Å²) in [6.45, 7) is 3.08. The van der Waals surface area contributed by atoms with Crippen molar-refractivity contribution in [2.24, 2.45) is 0 Å². The van der Waals surface area contributed by atoms with Gasteiger partial charge in [-0.1, -0.05) is 56.2 Å². The maximum Gasteiger partial charge on any atom is 0.287 e. The van der Waals surface area contributed by atoms with Crippen LogP contribution < -0.4 is 10.1 Å². The summed E-state index contributed by atoms with van der Waals surface area (Å²) in [6.07, 6.45) is 3.19. The number of carbonyl (C=O) groups excluding carboxylic acids is 1. The Labute approximate surface area is 147 Å². The summed E-state index contributed by atoms with van der Waals surface area (Å²) < 4.78 is 11.7. The molecule has 1 heterocycles. The van der Waals surface area contributed by atoms with Crippen molar-refractivity contribution in [1.82, 2.24) is 5.32 Å². The normalized spacial score (nSPS) is 10.8. The maximum absolute atomic E-state index is 12.5. The summed E-state index contributed by atoms with van der Waals surface area (Å²) in [4.78, 5) is 12.5. The Hall–Kier alpha value is -2.75. The first-order chi connectivity index (χ1) is 12.3. The van der Waals surface area contributed by atoms with Crippen molar-refractivity contribution >= 4 is 16.9 Å². The van der Waals surface area contributed by atoms with Crippen LogP contribution in [0.1, 0.15) is 42.3 Å². The summed E-state index contributed by atoms with van der Waals surface area (Å²) in [6, 6.07) is 17.2. The highest BCUT2D eigenvalue weighted by molar-refractivity contribution is 5.99. The van der Waals surface area contributed by atoms with E-state index in [0.29, 0.717) is 24.5 Å². The Bertz CT molecular complexity index is 824. The van der Waals surface area contributed by atoms with Crippen molar-refractivity contribution in [3.05, 3.63) is 65.9 Å². The highest BCUT2D eigenvalue weighted by Gasteiger charge is 2.20. The van der Waals surface area contributed by atoms with E-state index in [0.717, 1.165) is 36.0 Å². The molecule has 25 heavy (non-hydrogen) atoms. The first-order valence-corrected chi connectivity index (χ1v) is 8.76. The van der Waals surface area contributed by atoms with Crippen molar-refractivity contribution in [2.75, 3.05) is 6.54 Å². The Morgan fingerprint density at radius 3 is 2.60 bits per heavy atom. The molecule has 4 nitrogen and oxygen atoms in total. The number of hydrogen-bond acceptors (Lipinski definition) is 3. The monoisotopic (exact) mass is 337 g/mol. The van der Waals surface area contributed by atoms with Gasteiger partial charge in [-0.2, -0.15) is 0 Å². The lowest BCUT2D eigenvalue weighted by Crippen LogP contribution is -2.25. The topological polar surface area (TPSA) is 51.5 Å². The van der Waals surface area contributed by atoms with Gasteiger partial charge in [0.25, 0.3) is 5.91 Å². The zero-order chi connectivity index (χ0) is 17.5. The van der Waals surface area contributed by atoms with Crippen molar-refractivity contribution in [3.63, 3.8) is 0 Å². The molecular weight excluding hydrogens is 314 g/mol. The Morgan fingerprint density at radius 1 is 1.04 bits per heavy atom. The van der Waals surface area contributed by atoms with Crippen molar-refractivity contribution < 1.29 is 13.9 Å². The number of unbranched alkanes of at least 4 members (excludes halogenated alkanes) is 2. The van der Waals surface area contributed by atoms with E-state index in [1.54, 1.807) is 0 Å². The van der Waals surface area contributed by atoms with E-state index in [2.05, 4.69) is 12.2 Å². The van der Waals surface area contributed by atoms with Crippen LogP contribution in [0, 0.1) is 0 Å². The predicted octanol–water partition coefficient (Wildman–Crippen LogP) is 4.93. The zero-order valence-corrected chi connectivity index (χ0v) is 14.5. The molecule has 2 aromatic carbocycles. The number of fused-ring (bicyclic) bond motifs is 1. The molecule has 0 fully saturated rings. The fourth-order valence-corrected chi connectivity index (χ4v) is 2.75. The van der Waals surface area contributed by atoms with Crippen LogP contribution >= 0.6 is 0 Å². The number of para-hydroxylation sites is 2. The van der Waals surface area contributed by atoms with Crippen molar-refractivity contribution in [2.45, 2.75) is 32.8 Å². The van der Waals surface area contributed by atoms with Gasteiger partial charge in [-0.25, -0.2) is 0 Å². The Balaban J connectivity index is 1.80. The van der Waals surface area contributed by atoms with Crippen LogP contribution in [0.4, 0.5) is 0 Å². The van der Waals surface area contributed by atoms with Gasteiger partial charge in [0, 0.05) is 17.5 Å². The highest BCUT2D eigenvalue weighted by Crippen LogP contribution is 2.27. The van der Waals surface area contributed by atoms with E-state index in [1.807, 2.05) is 54.6 Å². The molecule has 0 aliphatic carbocycles. The van der Waals surface area contributed by atoms with Gasteiger partial charge in [-0.15, -0.1) is 0 Å². The van der Waals surface area contributed by atoms with Gasteiger partial charge < -0.3 is 14.5 Å². The van der Waals surface area contributed by atoms with E-state index >= 15 is 0 Å². The molecule has 3 aromatic rings. The smallest absolute Gasteiger partial charge is 0.287 e. The SMILES string of the molecule is CCCCCNC(=O)c1oc2ccccc2c1COc1ccccc1. The third-order valence-corrected chi connectivity index (χ3v) is 4.10. The molecule has 1 aromatic heterocycles. The molecule has 1 amide bonds. The van der Waals surface area contributed by atoms with Gasteiger partial charge in [0.1, 0.15) is 17.9 Å². The average Bonchev–Trinajstić information content (AvgIpc) is 3.03. The molecule has 0 atom stereocenters. The lowest BCUT2D eigenvalue weighted by molar-refractivity contribution is 0.0924. The molecule has 0 radical (unpaired) electrons. The standard InChI is InChI=1S/C21H23NO3/c1-2-3-9-14-22-21(23)20-18(15-24-16-10-5-4-6-11-16)17-12-7-8-13-19(17)25-20/h4-8,10-13H,2-3,9,14-15H2,1H3,(H,22,23). The van der Waals surface area contributed by atoms with Gasteiger partial charge >= 0.3 is 0 Å². The summed E-state index contributed by atoms with van der Waals surface area (Å²) >= 11 is 0. The van der Waals surface area contributed by atoms with Gasteiger partial charge in [0.15, 0.2) is 5.76 Å². The number of furan rings is 1. The third-order valence-electron chi connectivity index (χ3n) is 4.10. The molecule has 0 saturated carbocycles. The molecule has 0 bridgehead atoms. The summed E-state index contributed by atoms with van der Waals surface area (Å²) in [5.41, 5.74) is 1.49. The summed E-state index contributed by atoms with van der Waals surface area (Å²) in [7, 11) is 0. The second-order valence-electron chi connectivity index (χ2n) is 5.97. The number of hydrogen-bond donors (Lipinski definition) is 1. The first kappa shape index (κ1) is 17.1. The molecule has 3 rings (SSSR count). The lowest BCUT2D eigenvalue weighted by Gasteiger charge is -2.07. The fraction of sp³-hybridized carbons (Fsp3) is 0.286. The highest BCUT2D eigenvalue weighted by atomic mass is 16.5. The molecule has 130 valence electrons. The number of carbonyl (C=O) groups is 1. The molecule has 0 spiro atoms. The maximum atomic E-state index is 12.5. The fourth-order valence-electron chi connectivity index (χ4n) is 2.75. The average molecular weight is 337 g/mol. The predicted molar refractivity (Wildman–Crippen MR) is 98.8 cm³/mol. The van der Waals surface area contributed by atoms with E-state index in [4.69, 9.17) is 9.15 Å². The number of ether oxygens (including phenoxy) is 1. The molecule has 0 aliphatic heterocycles. The van der Waals surface area contributed by atoms with Gasteiger partial charge in [0.05, 0.1) is 0 Å². The molecule has 4 heteroatoms. The second kappa shape index (κ2) is 8.38. The van der Waals surface area contributed by atoms with Crippen LogP contribution in [0.25, 0.3) is 11.0 Å². The zero-order valence-electron chi connectivity index (χ0n) is 14.5. The Morgan fingerprint density at radius 2 is 1.80 bits per heavy atom. The number of nitrogens with one attached hydrogen (secondary N) is 1. The van der Waals surface area contributed by atoms with E-state index < -0.39 is 0 Å². The third kappa shape index (κ3) is 4.21. The molecular formula is C21H23NO3. The van der Waals surface area contributed by atoms with Crippen LogP contribution in [0.15, 0.2) is 59.0 Å². The minimum atomic E-state index is -0.182. The van der Waals surface area contributed by atoms with Gasteiger partial charge in [-0.3, -0.25) is 4.79 Å². The lowest BCUT2D eigenvalue weighted by atomic mass is 10.1. The molecule has 0 aliphatic rings. The van der Waals surface area contributed by atoms with Crippen LogP contribution in [-0.2, 0) is 6.61 Å². The molecule has 0 saturated heterocycles. The summed E-state index contributed by atoms with van der Waals surface area (Å²) in [5, 5.41) is 3.86. The summed E-state index contributed by atoms with van der Waals surface area (Å²) in [5.74, 6) is 0.926. The number of benzene rings is 2. The first-order valence-electron chi connectivity index (χ1n) is 8.76. The largest absolute Gasteiger partial charge is 0.489 e. The van der Waals surface area contributed by atoms with Crippen molar-refractivity contribution in [3.8, 4) is 5.75 Å². The second-order valence-corrected chi connectivity index (χ2v) is 5.97. The molecule has 1 N–H and O–H groups in total. The minimum absolute atomic E-state index is 0.182. The quantitative estimate of drug-likeness (QED) is 0.593. The van der Waals surface area contributed by atoms with E-state index in [9.17, 15) is 4.79 Å².